The number of ether oxygens (including phenoxy) is 2. The molecule has 1 amide bonds. The van der Waals surface area contributed by atoms with E-state index in [1.54, 1.807) is 0 Å². The van der Waals surface area contributed by atoms with Crippen molar-refractivity contribution in [3.63, 3.8) is 0 Å². The van der Waals surface area contributed by atoms with E-state index in [0.717, 1.165) is 6.42 Å². The summed E-state index contributed by atoms with van der Waals surface area (Å²) < 4.78 is 15.5. The van der Waals surface area contributed by atoms with Crippen molar-refractivity contribution < 1.29 is 28.4 Å². The zero-order valence-corrected chi connectivity index (χ0v) is 22.0. The first-order valence-corrected chi connectivity index (χ1v) is 11.9. The summed E-state index contributed by atoms with van der Waals surface area (Å²) in [7, 11) is 0. The number of hydrogen-bond acceptors (Lipinski definition) is 8. The number of nitro benzene ring substituents is 1. The number of hydrogen-bond donors (Lipinski definition) is 1. The van der Waals surface area contributed by atoms with E-state index in [2.05, 4.69) is 45.1 Å². The minimum Gasteiger partial charge on any atom is -0.484 e. The summed E-state index contributed by atoms with van der Waals surface area (Å²) in [5, 5.41) is 15.3. The second kappa shape index (κ2) is 11.7. The number of nitrogens with zero attached hydrogens (tertiary/aromatic N) is 2. The van der Waals surface area contributed by atoms with Gasteiger partial charge in [-0.1, -0.05) is 46.8 Å². The van der Waals surface area contributed by atoms with Crippen molar-refractivity contribution in [1.29, 1.82) is 0 Å². The second-order valence-corrected chi connectivity index (χ2v) is 10.6. The molecule has 3 aromatic rings. The van der Waals surface area contributed by atoms with Crippen molar-refractivity contribution in [2.75, 3.05) is 6.61 Å². The van der Waals surface area contributed by atoms with E-state index in [9.17, 15) is 19.7 Å². The maximum Gasteiger partial charge on any atom is 0.379 e. The molecule has 1 heterocycles. The summed E-state index contributed by atoms with van der Waals surface area (Å²) in [6, 6.07) is 14.4. The van der Waals surface area contributed by atoms with E-state index in [0.29, 0.717) is 11.3 Å². The van der Waals surface area contributed by atoms with Gasteiger partial charge in [-0.05, 0) is 59.2 Å². The van der Waals surface area contributed by atoms with Crippen molar-refractivity contribution in [2.24, 2.45) is 10.5 Å². The first-order valence-electron chi connectivity index (χ1n) is 11.9. The van der Waals surface area contributed by atoms with Gasteiger partial charge in [-0.2, -0.15) is 5.10 Å². The lowest BCUT2D eigenvalue weighted by atomic mass is 9.72. The lowest BCUT2D eigenvalue weighted by Crippen LogP contribution is -2.25. The van der Waals surface area contributed by atoms with Crippen LogP contribution in [0.25, 0.3) is 0 Å². The Balaban J connectivity index is 1.54. The third kappa shape index (κ3) is 8.02. The van der Waals surface area contributed by atoms with Gasteiger partial charge in [0.05, 0.1) is 17.4 Å². The summed E-state index contributed by atoms with van der Waals surface area (Å²) in [5.74, 6) is -1.16. The molecule has 0 atom stereocenters. The van der Waals surface area contributed by atoms with Crippen LogP contribution in [0.3, 0.4) is 0 Å². The molecule has 0 spiro atoms. The van der Waals surface area contributed by atoms with Gasteiger partial charge in [-0.15, -0.1) is 0 Å². The van der Waals surface area contributed by atoms with Crippen LogP contribution < -0.4 is 14.9 Å². The molecule has 0 fully saturated rings. The van der Waals surface area contributed by atoms with Crippen LogP contribution in [-0.4, -0.2) is 29.6 Å². The topological polar surface area (TPSA) is 133 Å². The highest BCUT2D eigenvalue weighted by atomic mass is 16.6. The molecule has 10 heteroatoms. The number of carbonyl (C=O) groups is 2. The van der Waals surface area contributed by atoms with Crippen LogP contribution in [-0.2, 0) is 10.2 Å². The van der Waals surface area contributed by atoms with Crippen molar-refractivity contribution in [3.8, 4) is 11.5 Å². The Hall–Kier alpha value is -4.47. The van der Waals surface area contributed by atoms with Gasteiger partial charge in [0.2, 0.25) is 11.5 Å². The van der Waals surface area contributed by atoms with Crippen molar-refractivity contribution in [1.82, 2.24) is 5.43 Å². The van der Waals surface area contributed by atoms with E-state index in [4.69, 9.17) is 13.9 Å². The standard InChI is InChI=1S/C28H31N3O7/c1-27(2,3)18-28(4,5)20-9-11-21(12-10-20)37-17-25(32)30-29-16-19-8-13-23(22(15-19)31(34)35)38-26(33)24-7-6-14-36-24/h6-16H,17-18H2,1-5H3,(H,30,32)/b29-16+. The van der Waals surface area contributed by atoms with Crippen LogP contribution in [0.1, 0.15) is 62.7 Å². The number of furan rings is 1. The minimum absolute atomic E-state index is 0.00276. The summed E-state index contributed by atoms with van der Waals surface area (Å²) in [6.45, 7) is 10.8. The van der Waals surface area contributed by atoms with Crippen molar-refractivity contribution in [2.45, 2.75) is 46.5 Å². The summed E-state index contributed by atoms with van der Waals surface area (Å²) in [5.41, 5.74) is 3.55. The number of nitrogens with one attached hydrogen (secondary N) is 1. The molecule has 0 radical (unpaired) electrons. The van der Waals surface area contributed by atoms with Gasteiger partial charge in [-0.3, -0.25) is 14.9 Å². The van der Waals surface area contributed by atoms with Gasteiger partial charge in [0, 0.05) is 11.6 Å². The van der Waals surface area contributed by atoms with E-state index < -0.39 is 22.5 Å². The smallest absolute Gasteiger partial charge is 0.379 e. The fourth-order valence-corrected chi connectivity index (χ4v) is 4.18. The van der Waals surface area contributed by atoms with Crippen LogP contribution in [0.4, 0.5) is 5.69 Å². The molecule has 200 valence electrons. The largest absolute Gasteiger partial charge is 0.484 e. The highest BCUT2D eigenvalue weighted by Gasteiger charge is 2.27. The molecule has 10 nitrogen and oxygen atoms in total. The first-order chi connectivity index (χ1) is 17.8. The number of rotatable bonds is 10. The second-order valence-electron chi connectivity index (χ2n) is 10.6. The van der Waals surface area contributed by atoms with Crippen molar-refractivity contribution >= 4 is 23.8 Å². The van der Waals surface area contributed by atoms with Gasteiger partial charge >= 0.3 is 11.7 Å². The normalized spacial score (nSPS) is 11.8. The van der Waals surface area contributed by atoms with Crippen LogP contribution in [0.5, 0.6) is 11.5 Å². The lowest BCUT2D eigenvalue weighted by molar-refractivity contribution is -0.385. The Morgan fingerprint density at radius 3 is 2.39 bits per heavy atom. The minimum atomic E-state index is -0.866. The molecule has 0 aliphatic rings. The predicted molar refractivity (Wildman–Crippen MR) is 142 cm³/mol. The van der Waals surface area contributed by atoms with Crippen LogP contribution in [0.2, 0.25) is 0 Å². The van der Waals surface area contributed by atoms with E-state index in [1.807, 2.05) is 24.3 Å². The zero-order valence-electron chi connectivity index (χ0n) is 22.0. The van der Waals surface area contributed by atoms with E-state index >= 15 is 0 Å². The quantitative estimate of drug-likeness (QED) is 0.120. The fraction of sp³-hybridized carbons (Fsp3) is 0.321. The molecule has 0 bridgehead atoms. The molecule has 3 rings (SSSR count). The van der Waals surface area contributed by atoms with E-state index in [1.165, 1.54) is 48.4 Å². The molecule has 0 unspecified atom stereocenters. The Kier molecular flexibility index (Phi) is 8.67. The molecular formula is C28H31N3O7. The number of amides is 1. The molecule has 38 heavy (non-hydrogen) atoms. The molecule has 0 aliphatic carbocycles. The number of benzene rings is 2. The molecule has 1 aromatic heterocycles. The predicted octanol–water partition coefficient (Wildman–Crippen LogP) is 5.65. The van der Waals surface area contributed by atoms with Gasteiger partial charge in [0.15, 0.2) is 6.61 Å². The monoisotopic (exact) mass is 521 g/mol. The van der Waals surface area contributed by atoms with Crippen LogP contribution in [0, 0.1) is 15.5 Å². The number of nitro groups is 1. The summed E-state index contributed by atoms with van der Waals surface area (Å²) in [6.07, 6.45) is 3.53. The highest BCUT2D eigenvalue weighted by Crippen LogP contribution is 2.36. The highest BCUT2D eigenvalue weighted by molar-refractivity contribution is 5.89. The third-order valence-electron chi connectivity index (χ3n) is 5.49. The van der Waals surface area contributed by atoms with Crippen LogP contribution >= 0.6 is 0 Å². The van der Waals surface area contributed by atoms with Crippen LogP contribution in [0.15, 0.2) is 70.4 Å². The average Bonchev–Trinajstić information content (AvgIpc) is 3.37. The van der Waals surface area contributed by atoms with Gasteiger partial charge < -0.3 is 13.9 Å². The average molecular weight is 522 g/mol. The maximum absolute atomic E-state index is 12.1. The number of carbonyl (C=O) groups excluding carboxylic acids is 2. The maximum atomic E-state index is 12.1. The molecule has 0 aliphatic heterocycles. The van der Waals surface area contributed by atoms with Gasteiger partial charge in [0.25, 0.3) is 5.91 Å². The fourth-order valence-electron chi connectivity index (χ4n) is 4.18. The van der Waals surface area contributed by atoms with Gasteiger partial charge in [-0.25, -0.2) is 10.2 Å². The summed E-state index contributed by atoms with van der Waals surface area (Å²) in [4.78, 5) is 34.9. The molecule has 0 saturated heterocycles. The molecule has 2 aromatic carbocycles. The Labute approximate surface area is 220 Å². The first kappa shape index (κ1) is 28.1. The van der Waals surface area contributed by atoms with Crippen molar-refractivity contribution in [3.05, 3.63) is 87.9 Å². The number of esters is 1. The molecule has 0 saturated carbocycles. The Morgan fingerprint density at radius 2 is 1.79 bits per heavy atom. The molecular weight excluding hydrogens is 490 g/mol. The Morgan fingerprint density at radius 1 is 1.08 bits per heavy atom. The SMILES string of the molecule is CC(C)(C)CC(C)(C)c1ccc(OCC(=O)N/N=C/c2ccc(OC(=O)c3ccco3)c([N+](=O)[O-])c2)cc1. The third-order valence-corrected chi connectivity index (χ3v) is 5.49. The summed E-state index contributed by atoms with van der Waals surface area (Å²) >= 11 is 0. The Bertz CT molecular complexity index is 1310. The lowest BCUT2D eigenvalue weighted by Gasteiger charge is -2.33. The zero-order chi connectivity index (χ0) is 27.9. The van der Waals surface area contributed by atoms with Gasteiger partial charge in [0.1, 0.15) is 5.75 Å². The number of hydrazone groups is 1. The van der Waals surface area contributed by atoms with E-state index in [-0.39, 0.29) is 28.9 Å². The molecule has 1 N–H and O–H groups in total.